The first-order valence-corrected chi connectivity index (χ1v) is 36.6. The van der Waals surface area contributed by atoms with E-state index in [0.717, 1.165) is 32.1 Å². The quantitative estimate of drug-likeness (QED) is 0.0243. The summed E-state index contributed by atoms with van der Waals surface area (Å²) in [5.41, 5.74) is 0. The zero-order valence-electron chi connectivity index (χ0n) is 53.5. The molecular weight excluding hydrogens is 984 g/mol. The van der Waals surface area contributed by atoms with Crippen LogP contribution in [0.25, 0.3) is 0 Å². The minimum absolute atomic E-state index is 0.0655. The van der Waals surface area contributed by atoms with E-state index in [2.05, 4.69) is 19.2 Å². The van der Waals surface area contributed by atoms with Crippen molar-refractivity contribution in [3.05, 3.63) is 12.2 Å². The van der Waals surface area contributed by atoms with Gasteiger partial charge in [-0.25, -0.2) is 4.57 Å². The lowest BCUT2D eigenvalue weighted by Gasteiger charge is -2.25. The van der Waals surface area contributed by atoms with Crippen LogP contribution in [0.2, 0.25) is 0 Å². The second-order valence-corrected chi connectivity index (χ2v) is 27.1. The first-order chi connectivity index (χ1) is 38.0. The Balaban J connectivity index is 4.02. The fraction of sp³-hybridized carbons (Fsp3) is 0.957. The first kappa shape index (κ1) is 77.2. The predicted molar refractivity (Wildman–Crippen MR) is 342 cm³/mol. The number of nitrogens with zero attached hydrogens (tertiary/aromatic N) is 1. The molecule has 0 aromatic rings. The lowest BCUT2D eigenvalue weighted by Crippen LogP contribution is -2.45. The molecule has 0 saturated heterocycles. The molecular formula is C69H140N2O6P+. The fourth-order valence-corrected chi connectivity index (χ4v) is 11.8. The Morgan fingerprint density at radius 1 is 0.423 bits per heavy atom. The molecule has 0 aliphatic carbocycles. The lowest BCUT2D eigenvalue weighted by molar-refractivity contribution is -0.870. The van der Waals surface area contributed by atoms with Gasteiger partial charge in [0.1, 0.15) is 13.2 Å². The van der Waals surface area contributed by atoms with Crippen molar-refractivity contribution in [3.8, 4) is 0 Å². The molecule has 0 aromatic carbocycles. The summed E-state index contributed by atoms with van der Waals surface area (Å²) in [6, 6.07) is -0.844. The van der Waals surface area contributed by atoms with E-state index in [0.29, 0.717) is 17.4 Å². The maximum atomic E-state index is 13.0. The SMILES string of the molecule is CCCCCCCCCCCCCCCCCCCCCCCCCCCCCCCC/C=C/C(O)C(COP(=O)(O)OCC[N+](C)(C)C)NC(=O)CCCCCCCCCCCCCCCCCCCCCCCCCC. The third kappa shape index (κ3) is 62.8. The van der Waals surface area contributed by atoms with E-state index in [9.17, 15) is 19.4 Å². The summed E-state index contributed by atoms with van der Waals surface area (Å²) in [5, 5.41) is 14.0. The number of carbonyl (C=O) groups is 1. The Labute approximate surface area is 488 Å². The largest absolute Gasteiger partial charge is 0.472 e. The molecule has 0 saturated carbocycles. The van der Waals surface area contributed by atoms with Crippen molar-refractivity contribution in [1.82, 2.24) is 5.32 Å². The normalized spacial score (nSPS) is 13.7. The highest BCUT2D eigenvalue weighted by Crippen LogP contribution is 2.43. The standard InChI is InChI=1S/C69H139N2O6P/c1-6-8-10-12-14-16-18-20-22-24-26-28-30-32-33-34-35-36-37-38-39-40-42-44-46-48-50-52-54-56-58-60-62-68(72)67(66-77-78(74,75)76-65-64-71(3,4)5)70-69(73)63-61-59-57-55-53-51-49-47-45-43-41-31-29-27-25-23-21-19-17-15-13-11-9-7-2/h60,62,67-68,72H,6-59,61,63-66H2,1-5H3,(H-,70,73,74,75)/p+1/b62-60+. The van der Waals surface area contributed by atoms with Crippen molar-refractivity contribution in [3.63, 3.8) is 0 Å². The molecule has 3 unspecified atom stereocenters. The molecule has 0 fully saturated rings. The van der Waals surface area contributed by atoms with E-state index >= 15 is 0 Å². The van der Waals surface area contributed by atoms with Gasteiger partial charge < -0.3 is 19.8 Å². The van der Waals surface area contributed by atoms with Crippen molar-refractivity contribution in [2.45, 2.75) is 386 Å². The summed E-state index contributed by atoms with van der Waals surface area (Å²) in [7, 11) is 1.60. The zero-order valence-corrected chi connectivity index (χ0v) is 54.3. The van der Waals surface area contributed by atoms with Gasteiger partial charge in [-0.15, -0.1) is 0 Å². The number of carbonyl (C=O) groups excluding carboxylic acids is 1. The summed E-state index contributed by atoms with van der Waals surface area (Å²) >= 11 is 0. The van der Waals surface area contributed by atoms with Crippen LogP contribution in [0.4, 0.5) is 0 Å². The Morgan fingerprint density at radius 3 is 0.949 bits per heavy atom. The van der Waals surface area contributed by atoms with Crippen molar-refractivity contribution >= 4 is 13.7 Å². The maximum Gasteiger partial charge on any atom is 0.472 e. The summed E-state index contributed by atoms with van der Waals surface area (Å²) in [4.78, 5) is 23.4. The first-order valence-electron chi connectivity index (χ1n) is 35.1. The number of likely N-dealkylation sites (N-methyl/N-ethyl adjacent to an activating group) is 1. The van der Waals surface area contributed by atoms with Gasteiger partial charge in [0.25, 0.3) is 0 Å². The van der Waals surface area contributed by atoms with E-state index in [-0.39, 0.29) is 19.1 Å². The number of phosphoric acid groups is 1. The number of unbranched alkanes of at least 4 members (excludes halogenated alkanes) is 53. The number of phosphoric ester groups is 1. The number of quaternary nitrogens is 1. The topological polar surface area (TPSA) is 105 Å². The van der Waals surface area contributed by atoms with Crippen molar-refractivity contribution in [2.24, 2.45) is 0 Å². The van der Waals surface area contributed by atoms with Crippen LogP contribution in [0, 0.1) is 0 Å². The van der Waals surface area contributed by atoms with E-state index in [4.69, 9.17) is 9.05 Å². The number of aliphatic hydroxyl groups is 1. The summed E-state index contributed by atoms with van der Waals surface area (Å²) in [6.07, 6.45) is 77.9. The zero-order chi connectivity index (χ0) is 57.0. The van der Waals surface area contributed by atoms with Gasteiger partial charge in [-0.2, -0.15) is 0 Å². The molecule has 0 radical (unpaired) electrons. The highest BCUT2D eigenvalue weighted by molar-refractivity contribution is 7.47. The highest BCUT2D eigenvalue weighted by atomic mass is 31.2. The molecule has 1 amide bonds. The fourth-order valence-electron chi connectivity index (χ4n) is 11.0. The Morgan fingerprint density at radius 2 is 0.679 bits per heavy atom. The molecule has 466 valence electrons. The van der Waals surface area contributed by atoms with E-state index in [1.165, 1.54) is 321 Å². The molecule has 0 heterocycles. The number of rotatable bonds is 66. The maximum absolute atomic E-state index is 13.0. The Bertz CT molecular complexity index is 1280. The van der Waals surface area contributed by atoms with Gasteiger partial charge >= 0.3 is 7.82 Å². The Kier molecular flexibility index (Phi) is 60.2. The number of hydrogen-bond donors (Lipinski definition) is 3. The molecule has 8 nitrogen and oxygen atoms in total. The highest BCUT2D eigenvalue weighted by Gasteiger charge is 2.28. The number of amides is 1. The van der Waals surface area contributed by atoms with Crippen LogP contribution in [0.15, 0.2) is 12.2 Å². The van der Waals surface area contributed by atoms with Gasteiger partial charge in [-0.1, -0.05) is 360 Å². The molecule has 9 heteroatoms. The molecule has 78 heavy (non-hydrogen) atoms. The summed E-state index contributed by atoms with van der Waals surface area (Å²) in [5.74, 6) is -0.167. The molecule has 0 rings (SSSR count). The number of allylic oxidation sites excluding steroid dienone is 1. The van der Waals surface area contributed by atoms with Crippen molar-refractivity contribution in [1.29, 1.82) is 0 Å². The minimum atomic E-state index is -4.35. The predicted octanol–water partition coefficient (Wildman–Crippen LogP) is 22.1. The van der Waals surface area contributed by atoms with Crippen molar-refractivity contribution in [2.75, 3.05) is 40.9 Å². The van der Waals surface area contributed by atoms with Gasteiger partial charge in [-0.05, 0) is 19.3 Å². The average Bonchev–Trinajstić information content (AvgIpc) is 3.41. The second kappa shape index (κ2) is 60.8. The van der Waals surface area contributed by atoms with Crippen LogP contribution >= 0.6 is 7.82 Å². The molecule has 0 aliphatic rings. The van der Waals surface area contributed by atoms with Gasteiger partial charge in [0.05, 0.1) is 39.9 Å². The Hall–Kier alpha value is -0.760. The van der Waals surface area contributed by atoms with Gasteiger partial charge in [0.15, 0.2) is 0 Å². The third-order valence-corrected chi connectivity index (χ3v) is 17.5. The van der Waals surface area contributed by atoms with Crippen LogP contribution in [0.3, 0.4) is 0 Å². The molecule has 0 spiro atoms. The molecule has 3 atom stereocenters. The number of hydrogen-bond acceptors (Lipinski definition) is 5. The van der Waals surface area contributed by atoms with E-state index in [1.54, 1.807) is 6.08 Å². The summed E-state index contributed by atoms with van der Waals surface area (Å²) < 4.78 is 23.8. The third-order valence-electron chi connectivity index (χ3n) is 16.5. The molecule has 0 bridgehead atoms. The summed E-state index contributed by atoms with van der Waals surface area (Å²) in [6.45, 7) is 4.89. The molecule has 0 aromatic heterocycles. The lowest BCUT2D eigenvalue weighted by atomic mass is 10.0. The van der Waals surface area contributed by atoms with Crippen molar-refractivity contribution < 1.29 is 32.9 Å². The average molecular weight is 1120 g/mol. The van der Waals surface area contributed by atoms with Gasteiger partial charge in [-0.3, -0.25) is 13.8 Å². The van der Waals surface area contributed by atoms with Gasteiger partial charge in [0.2, 0.25) is 5.91 Å². The van der Waals surface area contributed by atoms with E-state index < -0.39 is 20.0 Å². The van der Waals surface area contributed by atoms with Crippen LogP contribution in [0.5, 0.6) is 0 Å². The molecule has 3 N–H and O–H groups in total. The van der Waals surface area contributed by atoms with Gasteiger partial charge in [0, 0.05) is 6.42 Å². The minimum Gasteiger partial charge on any atom is -0.387 e. The van der Waals surface area contributed by atoms with Crippen LogP contribution in [-0.4, -0.2) is 73.4 Å². The molecule has 0 aliphatic heterocycles. The van der Waals surface area contributed by atoms with Crippen LogP contribution < -0.4 is 5.32 Å². The van der Waals surface area contributed by atoms with E-state index in [1.807, 2.05) is 27.2 Å². The number of nitrogens with one attached hydrogen (secondary N) is 1. The second-order valence-electron chi connectivity index (χ2n) is 25.6. The van der Waals surface area contributed by atoms with Crippen LogP contribution in [-0.2, 0) is 18.4 Å². The van der Waals surface area contributed by atoms with Crippen LogP contribution in [0.1, 0.15) is 373 Å². The smallest absolute Gasteiger partial charge is 0.387 e. The monoisotopic (exact) mass is 1120 g/mol. The number of aliphatic hydroxyl groups excluding tert-OH is 1.